The van der Waals surface area contributed by atoms with Crippen LogP contribution < -0.4 is 0 Å². The number of hydrogen-bond donors (Lipinski definition) is 0. The van der Waals surface area contributed by atoms with E-state index in [1.807, 2.05) is 12.1 Å². The van der Waals surface area contributed by atoms with Crippen LogP contribution in [0.15, 0.2) is 36.5 Å². The van der Waals surface area contributed by atoms with Crippen molar-refractivity contribution in [2.24, 2.45) is 0 Å². The Bertz CT molecular complexity index is 565. The van der Waals surface area contributed by atoms with Crippen molar-refractivity contribution in [1.29, 1.82) is 0 Å². The third kappa shape index (κ3) is 3.16. The van der Waals surface area contributed by atoms with Crippen molar-refractivity contribution in [2.75, 3.05) is 7.11 Å². The molecule has 1 aromatic carbocycles. The van der Waals surface area contributed by atoms with E-state index in [0.29, 0.717) is 0 Å². The average Bonchev–Trinajstić information content (AvgIpc) is 2.48. The fourth-order valence-corrected chi connectivity index (χ4v) is 1.84. The minimum atomic E-state index is -0.524. The Morgan fingerprint density at radius 1 is 1.21 bits per heavy atom. The quantitative estimate of drug-likeness (QED) is 0.789. The molecule has 0 radical (unpaired) electrons. The number of hydrogen-bond acceptors (Lipinski definition) is 4. The van der Waals surface area contributed by atoms with Crippen LogP contribution in [-0.2, 0) is 11.2 Å². The predicted molar refractivity (Wildman–Crippen MR) is 72.8 cm³/mol. The monoisotopic (exact) mass is 256 g/mol. The maximum Gasteiger partial charge on any atom is 0.376 e. The number of aromatic nitrogens is 2. The normalized spacial score (nSPS) is 10.2. The van der Waals surface area contributed by atoms with Gasteiger partial charge in [-0.3, -0.25) is 0 Å². The number of carbonyl (C=O) groups excluding carboxylic acids is 1. The highest BCUT2D eigenvalue weighted by Gasteiger charge is 2.10. The Hall–Kier alpha value is -2.23. The summed E-state index contributed by atoms with van der Waals surface area (Å²) in [5.74, 6) is -0.443. The maximum atomic E-state index is 11.4. The van der Waals surface area contributed by atoms with Crippen molar-refractivity contribution in [3.05, 3.63) is 47.9 Å². The first-order chi connectivity index (χ1) is 9.24. The second-order valence-corrected chi connectivity index (χ2v) is 4.20. The van der Waals surface area contributed by atoms with Gasteiger partial charge in [0.15, 0.2) is 0 Å². The van der Waals surface area contributed by atoms with Gasteiger partial charge in [-0.05, 0) is 18.1 Å². The summed E-state index contributed by atoms with van der Waals surface area (Å²) < 4.78 is 4.61. The fraction of sp³-hybridized carbons (Fsp3) is 0.267. The highest BCUT2D eigenvalue weighted by Crippen LogP contribution is 2.18. The smallest absolute Gasteiger partial charge is 0.376 e. The fourth-order valence-electron chi connectivity index (χ4n) is 1.84. The van der Waals surface area contributed by atoms with Crippen LogP contribution in [0.1, 0.15) is 29.5 Å². The molecule has 0 saturated carbocycles. The van der Waals surface area contributed by atoms with Gasteiger partial charge < -0.3 is 4.74 Å². The molecule has 2 rings (SSSR count). The van der Waals surface area contributed by atoms with Gasteiger partial charge >= 0.3 is 5.97 Å². The molecule has 1 heterocycles. The molecule has 0 spiro atoms. The second-order valence-electron chi connectivity index (χ2n) is 4.20. The second kappa shape index (κ2) is 6.09. The van der Waals surface area contributed by atoms with E-state index < -0.39 is 5.97 Å². The van der Waals surface area contributed by atoms with Gasteiger partial charge in [-0.25, -0.2) is 14.8 Å². The molecule has 98 valence electrons. The van der Waals surface area contributed by atoms with Crippen molar-refractivity contribution < 1.29 is 9.53 Å². The lowest BCUT2D eigenvalue weighted by Crippen LogP contribution is -2.07. The number of esters is 1. The highest BCUT2D eigenvalue weighted by molar-refractivity contribution is 5.85. The van der Waals surface area contributed by atoms with E-state index in [9.17, 15) is 4.79 Å². The molecule has 0 bridgehead atoms. The third-order valence-electron chi connectivity index (χ3n) is 2.81. The number of ether oxygens (including phenoxy) is 1. The molecule has 0 fully saturated rings. The molecule has 4 heteroatoms. The lowest BCUT2D eigenvalue weighted by atomic mass is 10.1. The van der Waals surface area contributed by atoms with E-state index in [1.165, 1.54) is 12.7 Å². The first kappa shape index (κ1) is 13.2. The number of nitrogens with zero attached hydrogens (tertiary/aromatic N) is 2. The maximum absolute atomic E-state index is 11.4. The molecule has 2 aromatic rings. The first-order valence-corrected chi connectivity index (χ1v) is 6.25. The number of methoxy groups -OCH3 is 1. The van der Waals surface area contributed by atoms with Crippen molar-refractivity contribution in [2.45, 2.75) is 19.8 Å². The van der Waals surface area contributed by atoms with Gasteiger partial charge in [0.25, 0.3) is 0 Å². The average molecular weight is 256 g/mol. The summed E-state index contributed by atoms with van der Waals surface area (Å²) in [6.07, 6.45) is 3.76. The van der Waals surface area contributed by atoms with Gasteiger partial charge in [0.2, 0.25) is 5.82 Å². The molecule has 0 N–H and O–H groups in total. The summed E-state index contributed by atoms with van der Waals surface area (Å²) in [7, 11) is 1.32. The van der Waals surface area contributed by atoms with Gasteiger partial charge in [0.1, 0.15) is 0 Å². The van der Waals surface area contributed by atoms with Gasteiger partial charge in [-0.2, -0.15) is 0 Å². The van der Waals surface area contributed by atoms with Gasteiger partial charge in [-0.15, -0.1) is 0 Å². The van der Waals surface area contributed by atoms with E-state index in [1.54, 1.807) is 12.3 Å². The summed E-state index contributed by atoms with van der Waals surface area (Å²) in [5, 5.41) is 0. The first-order valence-electron chi connectivity index (χ1n) is 6.25. The Kier molecular flexibility index (Phi) is 4.23. The van der Waals surface area contributed by atoms with Gasteiger partial charge in [0.05, 0.1) is 12.8 Å². The van der Waals surface area contributed by atoms with Crippen LogP contribution >= 0.6 is 0 Å². The van der Waals surface area contributed by atoms with Crippen LogP contribution in [0.4, 0.5) is 0 Å². The number of carbonyl (C=O) groups is 1. The zero-order valence-corrected chi connectivity index (χ0v) is 11.1. The number of benzene rings is 1. The molecule has 0 aliphatic heterocycles. The van der Waals surface area contributed by atoms with Crippen LogP contribution in [0.3, 0.4) is 0 Å². The third-order valence-corrected chi connectivity index (χ3v) is 2.81. The van der Waals surface area contributed by atoms with E-state index in [4.69, 9.17) is 0 Å². The molecule has 0 unspecified atom stereocenters. The number of rotatable bonds is 4. The highest BCUT2D eigenvalue weighted by atomic mass is 16.5. The molecule has 0 aliphatic rings. The molecular formula is C15H16N2O2. The zero-order valence-electron chi connectivity index (χ0n) is 11.1. The van der Waals surface area contributed by atoms with Crippen LogP contribution in [-0.4, -0.2) is 23.0 Å². The Balaban J connectivity index is 2.28. The lowest BCUT2D eigenvalue weighted by molar-refractivity contribution is 0.0587. The van der Waals surface area contributed by atoms with Crippen LogP contribution in [0.25, 0.3) is 11.3 Å². The topological polar surface area (TPSA) is 52.1 Å². The van der Waals surface area contributed by atoms with E-state index >= 15 is 0 Å². The van der Waals surface area contributed by atoms with Crippen molar-refractivity contribution in [1.82, 2.24) is 9.97 Å². The largest absolute Gasteiger partial charge is 0.463 e. The summed E-state index contributed by atoms with van der Waals surface area (Å²) in [6, 6.07) is 9.96. The zero-order chi connectivity index (χ0) is 13.7. The Morgan fingerprint density at radius 2 is 1.95 bits per heavy atom. The van der Waals surface area contributed by atoms with Crippen molar-refractivity contribution in [3.8, 4) is 11.3 Å². The Labute approximate surface area is 112 Å². The standard InChI is InChI=1S/C15H16N2O2/c1-3-4-11-5-7-12(8-6-11)13-9-10-16-14(17-13)15(18)19-2/h5-10H,3-4H2,1-2H3. The van der Waals surface area contributed by atoms with E-state index in [-0.39, 0.29) is 5.82 Å². The predicted octanol–water partition coefficient (Wildman–Crippen LogP) is 2.88. The van der Waals surface area contributed by atoms with Crippen LogP contribution in [0, 0.1) is 0 Å². The molecule has 1 aromatic heterocycles. The van der Waals surface area contributed by atoms with E-state index in [0.717, 1.165) is 24.1 Å². The van der Waals surface area contributed by atoms with Gasteiger partial charge in [0, 0.05) is 11.8 Å². The molecule has 0 atom stereocenters. The lowest BCUT2D eigenvalue weighted by Gasteiger charge is -2.04. The van der Waals surface area contributed by atoms with Crippen molar-refractivity contribution in [3.63, 3.8) is 0 Å². The SMILES string of the molecule is CCCc1ccc(-c2ccnc(C(=O)OC)n2)cc1. The summed E-state index contributed by atoms with van der Waals surface area (Å²) in [5.41, 5.74) is 2.99. The van der Waals surface area contributed by atoms with E-state index in [2.05, 4.69) is 33.8 Å². The minimum Gasteiger partial charge on any atom is -0.463 e. The molecular weight excluding hydrogens is 240 g/mol. The van der Waals surface area contributed by atoms with Gasteiger partial charge in [-0.1, -0.05) is 37.6 Å². The molecule has 0 amide bonds. The van der Waals surface area contributed by atoms with Crippen molar-refractivity contribution >= 4 is 5.97 Å². The molecule has 0 aliphatic carbocycles. The minimum absolute atomic E-state index is 0.0811. The summed E-state index contributed by atoms with van der Waals surface area (Å²) in [4.78, 5) is 19.5. The molecule has 4 nitrogen and oxygen atoms in total. The molecule has 0 saturated heterocycles. The van der Waals surface area contributed by atoms with Crippen LogP contribution in [0.5, 0.6) is 0 Å². The summed E-state index contributed by atoms with van der Waals surface area (Å²) >= 11 is 0. The Morgan fingerprint density at radius 3 is 2.58 bits per heavy atom. The van der Waals surface area contributed by atoms with Crippen LogP contribution in [0.2, 0.25) is 0 Å². The number of aryl methyl sites for hydroxylation is 1. The molecule has 19 heavy (non-hydrogen) atoms. The summed E-state index contributed by atoms with van der Waals surface area (Å²) in [6.45, 7) is 2.15.